The summed E-state index contributed by atoms with van der Waals surface area (Å²) in [6.45, 7) is 7.19. The van der Waals surface area contributed by atoms with Crippen LogP contribution in [0, 0.1) is 11.6 Å². The van der Waals surface area contributed by atoms with Crippen LogP contribution in [0.3, 0.4) is 0 Å². The van der Waals surface area contributed by atoms with Crippen LogP contribution in [0.1, 0.15) is 57.3 Å². The molecule has 4 heterocycles. The Bertz CT molecular complexity index is 1190. The van der Waals surface area contributed by atoms with Gasteiger partial charge in [0.15, 0.2) is 23.2 Å². The summed E-state index contributed by atoms with van der Waals surface area (Å²) in [5, 5.41) is 3.55. The van der Waals surface area contributed by atoms with Gasteiger partial charge in [-0.1, -0.05) is 0 Å². The van der Waals surface area contributed by atoms with E-state index in [0.29, 0.717) is 51.5 Å². The van der Waals surface area contributed by atoms with E-state index in [4.69, 9.17) is 19.4 Å². The zero-order valence-electron chi connectivity index (χ0n) is 21.3. The van der Waals surface area contributed by atoms with Crippen molar-refractivity contribution < 1.29 is 23.0 Å². The van der Waals surface area contributed by atoms with Crippen LogP contribution in [0.5, 0.6) is 5.75 Å². The Morgan fingerprint density at radius 1 is 1.16 bits per heavy atom. The van der Waals surface area contributed by atoms with Gasteiger partial charge in [-0.3, -0.25) is 4.79 Å². The van der Waals surface area contributed by atoms with Gasteiger partial charge in [-0.25, -0.2) is 18.7 Å². The number of ether oxygens (including phenoxy) is 2. The van der Waals surface area contributed by atoms with E-state index in [1.165, 1.54) is 12.1 Å². The van der Waals surface area contributed by atoms with Crippen molar-refractivity contribution in [2.24, 2.45) is 0 Å². The van der Waals surface area contributed by atoms with E-state index in [1.54, 1.807) is 0 Å². The third kappa shape index (κ3) is 4.49. The number of piperidine rings is 1. The molecule has 1 atom stereocenters. The Balaban J connectivity index is 1.26. The molecule has 1 aliphatic carbocycles. The van der Waals surface area contributed by atoms with Crippen LogP contribution >= 0.6 is 0 Å². The molecule has 1 spiro atoms. The third-order valence-electron chi connectivity index (χ3n) is 7.97. The van der Waals surface area contributed by atoms with Gasteiger partial charge in [0, 0.05) is 44.6 Å². The number of nitrogens with zero attached hydrogens (tertiary/aromatic N) is 4. The van der Waals surface area contributed by atoms with Gasteiger partial charge in [0.05, 0.1) is 36.0 Å². The minimum Gasteiger partial charge on any atom is -0.487 e. The number of hydrogen-bond acceptors (Lipinski definition) is 7. The lowest BCUT2D eigenvalue weighted by Gasteiger charge is -2.38. The molecule has 1 amide bonds. The Kier molecular flexibility index (Phi) is 6.17. The molecule has 37 heavy (non-hydrogen) atoms. The molecule has 2 saturated heterocycles. The molecule has 10 heteroatoms. The molecular formula is C27H33F2N5O3. The predicted octanol–water partition coefficient (Wildman–Crippen LogP) is 3.79. The number of fused-ring (bicyclic) bond motifs is 2. The summed E-state index contributed by atoms with van der Waals surface area (Å²) in [7, 11) is 0. The largest absolute Gasteiger partial charge is 0.487 e. The van der Waals surface area contributed by atoms with Crippen LogP contribution in [-0.2, 0) is 21.5 Å². The highest BCUT2D eigenvalue weighted by Gasteiger charge is 2.58. The van der Waals surface area contributed by atoms with Gasteiger partial charge in [0.1, 0.15) is 11.9 Å². The highest BCUT2D eigenvalue weighted by molar-refractivity contribution is 5.93. The second-order valence-corrected chi connectivity index (χ2v) is 10.9. The van der Waals surface area contributed by atoms with Crippen molar-refractivity contribution in [1.29, 1.82) is 0 Å². The predicted molar refractivity (Wildman–Crippen MR) is 134 cm³/mol. The second-order valence-electron chi connectivity index (χ2n) is 10.9. The van der Waals surface area contributed by atoms with Crippen molar-refractivity contribution >= 4 is 17.5 Å². The van der Waals surface area contributed by atoms with Gasteiger partial charge in [-0.2, -0.15) is 0 Å². The summed E-state index contributed by atoms with van der Waals surface area (Å²) in [5.74, 6) is 0.417. The summed E-state index contributed by atoms with van der Waals surface area (Å²) in [6.07, 6.45) is 3.67. The SMILES string of the molecule is CC(C)N1Cc2nc(N3CCC(Oc4ccc(F)cc4F)CC3)c(N[C@@H]3CCOC3)nc2C2(CC2)C1=O. The molecule has 3 aliphatic heterocycles. The first-order valence-corrected chi connectivity index (χ1v) is 13.3. The topological polar surface area (TPSA) is 79.8 Å². The standard InChI is InChI=1S/C27H33F2N5O3/c1-16(2)34-14-21-23(27(8-9-27)26(34)35)32-24(30-18-7-12-36-15-18)25(31-21)33-10-5-19(6-11-33)37-22-4-3-17(28)13-20(22)29/h3-4,13,16,18-19H,5-12,14-15H2,1-2H3,(H,30,32)/t18-/m1/s1. The molecule has 8 nitrogen and oxygen atoms in total. The molecule has 198 valence electrons. The molecule has 3 fully saturated rings. The lowest BCUT2D eigenvalue weighted by Crippen LogP contribution is -2.48. The van der Waals surface area contributed by atoms with Crippen molar-refractivity contribution in [3.8, 4) is 5.75 Å². The zero-order valence-corrected chi connectivity index (χ0v) is 21.3. The van der Waals surface area contributed by atoms with E-state index in [1.807, 2.05) is 18.7 Å². The second kappa shape index (κ2) is 9.38. The van der Waals surface area contributed by atoms with E-state index < -0.39 is 17.0 Å². The van der Waals surface area contributed by atoms with Crippen molar-refractivity contribution in [3.05, 3.63) is 41.2 Å². The maximum Gasteiger partial charge on any atom is 0.235 e. The smallest absolute Gasteiger partial charge is 0.235 e. The fourth-order valence-corrected chi connectivity index (χ4v) is 5.65. The van der Waals surface area contributed by atoms with Crippen LogP contribution < -0.4 is 15.0 Å². The Labute approximate surface area is 215 Å². The monoisotopic (exact) mass is 513 g/mol. The number of carbonyl (C=O) groups is 1. The van der Waals surface area contributed by atoms with Crippen molar-refractivity contribution in [1.82, 2.24) is 14.9 Å². The summed E-state index contributed by atoms with van der Waals surface area (Å²) in [6, 6.07) is 3.63. The van der Waals surface area contributed by atoms with Crippen LogP contribution in [0.25, 0.3) is 0 Å². The Morgan fingerprint density at radius 3 is 2.59 bits per heavy atom. The minimum atomic E-state index is -0.688. The van der Waals surface area contributed by atoms with Gasteiger partial charge < -0.3 is 24.6 Å². The summed E-state index contributed by atoms with van der Waals surface area (Å²) in [4.78, 5) is 27.7. The van der Waals surface area contributed by atoms with Crippen molar-refractivity contribution in [2.45, 2.75) is 76.1 Å². The normalized spacial score (nSPS) is 23.1. The third-order valence-corrected chi connectivity index (χ3v) is 7.97. The number of anilines is 2. The molecule has 0 unspecified atom stereocenters. The van der Waals surface area contributed by atoms with Crippen LogP contribution in [0.15, 0.2) is 18.2 Å². The number of hydrogen-bond donors (Lipinski definition) is 1. The van der Waals surface area contributed by atoms with Gasteiger partial charge in [-0.15, -0.1) is 0 Å². The minimum absolute atomic E-state index is 0.0742. The molecule has 2 aromatic rings. The van der Waals surface area contributed by atoms with E-state index in [9.17, 15) is 13.6 Å². The van der Waals surface area contributed by atoms with Gasteiger partial charge >= 0.3 is 0 Å². The first kappa shape index (κ1) is 24.3. The number of rotatable bonds is 6. The zero-order chi connectivity index (χ0) is 25.7. The Morgan fingerprint density at radius 2 is 1.95 bits per heavy atom. The average molecular weight is 514 g/mol. The van der Waals surface area contributed by atoms with Crippen LogP contribution in [-0.4, -0.2) is 65.3 Å². The molecule has 1 N–H and O–H groups in total. The van der Waals surface area contributed by atoms with Crippen LogP contribution in [0.4, 0.5) is 20.4 Å². The number of nitrogens with one attached hydrogen (secondary N) is 1. The first-order chi connectivity index (χ1) is 17.8. The summed E-state index contributed by atoms with van der Waals surface area (Å²) >= 11 is 0. The maximum atomic E-state index is 14.1. The molecule has 0 bridgehead atoms. The molecule has 0 radical (unpaired) electrons. The van der Waals surface area contributed by atoms with Gasteiger partial charge in [0.25, 0.3) is 0 Å². The van der Waals surface area contributed by atoms with E-state index in [-0.39, 0.29) is 29.8 Å². The highest BCUT2D eigenvalue weighted by atomic mass is 19.1. The van der Waals surface area contributed by atoms with Gasteiger partial charge in [0.2, 0.25) is 5.91 Å². The molecule has 1 saturated carbocycles. The maximum absolute atomic E-state index is 14.1. The molecule has 6 rings (SSSR count). The number of halogens is 2. The van der Waals surface area contributed by atoms with Crippen molar-refractivity contribution in [2.75, 3.05) is 36.5 Å². The van der Waals surface area contributed by atoms with Gasteiger partial charge in [-0.05, 0) is 45.2 Å². The molecule has 4 aliphatic rings. The van der Waals surface area contributed by atoms with Crippen LogP contribution in [0.2, 0.25) is 0 Å². The highest BCUT2D eigenvalue weighted by Crippen LogP contribution is 2.53. The summed E-state index contributed by atoms with van der Waals surface area (Å²) < 4.78 is 38.8. The quantitative estimate of drug-likeness (QED) is 0.630. The number of benzene rings is 1. The van der Waals surface area contributed by atoms with Crippen molar-refractivity contribution in [3.63, 3.8) is 0 Å². The lowest BCUT2D eigenvalue weighted by molar-refractivity contribution is -0.137. The number of carbonyl (C=O) groups excluding carboxylic acids is 1. The lowest BCUT2D eigenvalue weighted by atomic mass is 9.92. The molecular weight excluding hydrogens is 480 g/mol. The van der Waals surface area contributed by atoms with E-state index in [2.05, 4.69) is 10.2 Å². The fourth-order valence-electron chi connectivity index (χ4n) is 5.65. The fraction of sp³-hybridized carbons (Fsp3) is 0.593. The molecule has 1 aromatic carbocycles. The Hall–Kier alpha value is -3.01. The first-order valence-electron chi connectivity index (χ1n) is 13.3. The average Bonchev–Trinajstić information content (AvgIpc) is 3.51. The van der Waals surface area contributed by atoms with E-state index >= 15 is 0 Å². The van der Waals surface area contributed by atoms with E-state index in [0.717, 1.165) is 42.5 Å². The molecule has 1 aromatic heterocycles. The summed E-state index contributed by atoms with van der Waals surface area (Å²) in [5.41, 5.74) is 1.16. The number of amides is 1. The number of aromatic nitrogens is 2.